The minimum atomic E-state index is -0.348. The molecule has 0 atom stereocenters. The lowest BCUT2D eigenvalue weighted by molar-refractivity contribution is 0.475. The van der Waals surface area contributed by atoms with Gasteiger partial charge in [-0.1, -0.05) is 23.7 Å². The van der Waals surface area contributed by atoms with Gasteiger partial charge >= 0.3 is 0 Å². The molecule has 1 aromatic heterocycles. The summed E-state index contributed by atoms with van der Waals surface area (Å²) in [5, 5.41) is 19.7. The molecular weight excluding hydrogens is 314 g/mol. The fourth-order valence-electron chi connectivity index (χ4n) is 2.17. The average molecular weight is 324 g/mol. The Hall–Kier alpha value is -3.10. The van der Waals surface area contributed by atoms with E-state index in [9.17, 15) is 15.2 Å². The first-order valence-corrected chi connectivity index (χ1v) is 7.05. The minimum Gasteiger partial charge on any atom is -0.508 e. The smallest absolute Gasteiger partial charge is 0.259 e. The molecule has 23 heavy (non-hydrogen) atoms. The summed E-state index contributed by atoms with van der Waals surface area (Å²) in [7, 11) is 0. The van der Waals surface area contributed by atoms with Crippen LogP contribution in [0.4, 0.5) is 0 Å². The highest BCUT2D eigenvalue weighted by molar-refractivity contribution is 6.31. The third kappa shape index (κ3) is 3.07. The van der Waals surface area contributed by atoms with Gasteiger partial charge in [0, 0.05) is 5.02 Å². The highest BCUT2D eigenvalue weighted by Gasteiger charge is 2.09. The van der Waals surface area contributed by atoms with E-state index in [4.69, 9.17) is 11.6 Å². The van der Waals surface area contributed by atoms with Crippen molar-refractivity contribution in [3.8, 4) is 11.8 Å². The number of benzene rings is 2. The van der Waals surface area contributed by atoms with Gasteiger partial charge in [0.25, 0.3) is 5.56 Å². The molecule has 0 aliphatic rings. The number of hydrogen-bond acceptors (Lipinski definition) is 4. The van der Waals surface area contributed by atoms with Crippen LogP contribution in [0.15, 0.2) is 47.3 Å². The average Bonchev–Trinajstić information content (AvgIpc) is 2.52. The van der Waals surface area contributed by atoms with Crippen molar-refractivity contribution in [2.24, 2.45) is 0 Å². The molecule has 3 rings (SSSR count). The third-order valence-corrected chi connectivity index (χ3v) is 3.46. The first kappa shape index (κ1) is 14.8. The number of aromatic hydroxyl groups is 1. The van der Waals surface area contributed by atoms with Gasteiger partial charge in [-0.2, -0.15) is 5.26 Å². The second-order valence-corrected chi connectivity index (χ2v) is 5.28. The molecule has 0 amide bonds. The van der Waals surface area contributed by atoms with Crippen molar-refractivity contribution in [2.75, 3.05) is 0 Å². The van der Waals surface area contributed by atoms with Crippen LogP contribution in [0.3, 0.4) is 0 Å². The molecule has 0 unspecified atom stereocenters. The first-order valence-electron chi connectivity index (χ1n) is 6.67. The Kier molecular flexibility index (Phi) is 3.83. The molecule has 0 saturated heterocycles. The van der Waals surface area contributed by atoms with Gasteiger partial charge in [0.2, 0.25) is 0 Å². The van der Waals surface area contributed by atoms with Crippen LogP contribution in [-0.2, 0) is 0 Å². The van der Waals surface area contributed by atoms with E-state index >= 15 is 0 Å². The number of rotatable bonds is 2. The number of allylic oxidation sites excluding steroid dienone is 1. The van der Waals surface area contributed by atoms with Crippen LogP contribution in [-0.4, -0.2) is 15.1 Å². The maximum Gasteiger partial charge on any atom is 0.259 e. The van der Waals surface area contributed by atoms with Crippen molar-refractivity contribution in [3.63, 3.8) is 0 Å². The second kappa shape index (κ2) is 5.95. The molecule has 3 aromatic rings. The number of aromatic nitrogens is 2. The molecule has 2 N–H and O–H groups in total. The number of nitriles is 1. The van der Waals surface area contributed by atoms with Gasteiger partial charge in [-0.25, -0.2) is 4.98 Å². The Morgan fingerprint density at radius 3 is 2.87 bits per heavy atom. The molecule has 0 fully saturated rings. The van der Waals surface area contributed by atoms with Crippen molar-refractivity contribution in [1.29, 1.82) is 5.26 Å². The van der Waals surface area contributed by atoms with Gasteiger partial charge in [0.15, 0.2) is 5.82 Å². The number of H-pyrrole nitrogens is 1. The Morgan fingerprint density at radius 1 is 1.30 bits per heavy atom. The first-order chi connectivity index (χ1) is 11.1. The van der Waals surface area contributed by atoms with Crippen LogP contribution in [0.5, 0.6) is 5.75 Å². The highest BCUT2D eigenvalue weighted by Crippen LogP contribution is 2.20. The number of hydrogen-bond donors (Lipinski definition) is 2. The Morgan fingerprint density at radius 2 is 2.13 bits per heavy atom. The van der Waals surface area contributed by atoms with Gasteiger partial charge in [-0.15, -0.1) is 0 Å². The molecule has 0 aliphatic carbocycles. The van der Waals surface area contributed by atoms with Crippen LogP contribution in [0, 0.1) is 11.3 Å². The third-order valence-electron chi connectivity index (χ3n) is 3.23. The fourth-order valence-corrected chi connectivity index (χ4v) is 2.34. The summed E-state index contributed by atoms with van der Waals surface area (Å²) < 4.78 is 0. The summed E-state index contributed by atoms with van der Waals surface area (Å²) >= 11 is 5.92. The Bertz CT molecular complexity index is 1030. The van der Waals surface area contributed by atoms with Gasteiger partial charge in [0.05, 0.1) is 16.5 Å². The molecule has 0 saturated carbocycles. The molecule has 0 aliphatic heterocycles. The maximum absolute atomic E-state index is 12.1. The second-order valence-electron chi connectivity index (χ2n) is 4.84. The van der Waals surface area contributed by atoms with Gasteiger partial charge < -0.3 is 10.1 Å². The molecule has 0 radical (unpaired) electrons. The SMILES string of the molecule is N#C/C(=C\c1cccc(O)c1)c1nc2cc(Cl)ccc2c(=O)[nH]1. The van der Waals surface area contributed by atoms with Crippen LogP contribution in [0.25, 0.3) is 22.6 Å². The fraction of sp³-hybridized carbons (Fsp3) is 0. The summed E-state index contributed by atoms with van der Waals surface area (Å²) in [6.45, 7) is 0. The predicted molar refractivity (Wildman–Crippen MR) is 89.0 cm³/mol. The van der Waals surface area contributed by atoms with Gasteiger partial charge in [-0.3, -0.25) is 4.79 Å². The quantitative estimate of drug-likeness (QED) is 0.708. The van der Waals surface area contributed by atoms with Crippen molar-refractivity contribution >= 4 is 34.2 Å². The van der Waals surface area contributed by atoms with Crippen LogP contribution < -0.4 is 5.56 Å². The zero-order valence-electron chi connectivity index (χ0n) is 11.7. The predicted octanol–water partition coefficient (Wildman–Crippen LogP) is 3.35. The van der Waals surface area contributed by atoms with Crippen LogP contribution in [0.2, 0.25) is 5.02 Å². The van der Waals surface area contributed by atoms with E-state index in [-0.39, 0.29) is 22.7 Å². The summed E-state index contributed by atoms with van der Waals surface area (Å²) in [6.07, 6.45) is 1.54. The van der Waals surface area contributed by atoms with Crippen LogP contribution >= 0.6 is 11.6 Å². The van der Waals surface area contributed by atoms with E-state index in [1.165, 1.54) is 18.2 Å². The lowest BCUT2D eigenvalue weighted by atomic mass is 10.1. The number of halogens is 1. The zero-order chi connectivity index (χ0) is 16.4. The van der Waals surface area contributed by atoms with Crippen molar-refractivity contribution in [3.05, 3.63) is 69.2 Å². The molecule has 0 spiro atoms. The molecule has 6 heteroatoms. The maximum atomic E-state index is 12.1. The number of nitrogens with zero attached hydrogens (tertiary/aromatic N) is 2. The van der Waals surface area contributed by atoms with E-state index < -0.39 is 0 Å². The van der Waals surface area contributed by atoms with Gasteiger partial charge in [-0.05, 0) is 42.0 Å². The topological polar surface area (TPSA) is 89.8 Å². The van der Waals surface area contributed by atoms with E-state index in [0.29, 0.717) is 21.5 Å². The lowest BCUT2D eigenvalue weighted by Gasteiger charge is -2.03. The summed E-state index contributed by atoms with van der Waals surface area (Å²) in [6, 6.07) is 13.2. The van der Waals surface area contributed by atoms with Crippen molar-refractivity contribution in [1.82, 2.24) is 9.97 Å². The zero-order valence-corrected chi connectivity index (χ0v) is 12.5. The number of aromatic amines is 1. The molecule has 2 aromatic carbocycles. The van der Waals surface area contributed by atoms with Gasteiger partial charge in [0.1, 0.15) is 11.8 Å². The summed E-state index contributed by atoms with van der Waals surface area (Å²) in [5.41, 5.74) is 0.858. The highest BCUT2D eigenvalue weighted by atomic mass is 35.5. The Balaban J connectivity index is 2.17. The number of phenols is 1. The van der Waals surface area contributed by atoms with Crippen molar-refractivity contribution in [2.45, 2.75) is 0 Å². The number of phenolic OH excluding ortho intramolecular Hbond substituents is 1. The summed E-state index contributed by atoms with van der Waals surface area (Å²) in [4.78, 5) is 19.0. The minimum absolute atomic E-state index is 0.0859. The molecule has 1 heterocycles. The normalized spacial score (nSPS) is 11.4. The molecule has 0 bridgehead atoms. The molecular formula is C17H10ClN3O2. The lowest BCUT2D eigenvalue weighted by Crippen LogP contribution is -2.11. The summed E-state index contributed by atoms with van der Waals surface area (Å²) in [5.74, 6) is 0.235. The number of nitrogens with one attached hydrogen (secondary N) is 1. The van der Waals surface area contributed by atoms with E-state index in [1.54, 1.807) is 30.3 Å². The van der Waals surface area contributed by atoms with E-state index in [1.807, 2.05) is 6.07 Å². The van der Waals surface area contributed by atoms with Crippen molar-refractivity contribution < 1.29 is 5.11 Å². The van der Waals surface area contributed by atoms with E-state index in [2.05, 4.69) is 9.97 Å². The molecule has 112 valence electrons. The monoisotopic (exact) mass is 323 g/mol. The Labute approximate surface area is 136 Å². The molecule has 5 nitrogen and oxygen atoms in total. The largest absolute Gasteiger partial charge is 0.508 e. The van der Waals surface area contributed by atoms with Crippen LogP contribution in [0.1, 0.15) is 11.4 Å². The number of fused-ring (bicyclic) bond motifs is 1. The standard InChI is InChI=1S/C17H10ClN3O2/c18-12-4-5-14-15(8-12)20-16(21-17(14)23)11(9-19)6-10-2-1-3-13(22)7-10/h1-8,22H,(H,20,21,23)/b11-6+. The van der Waals surface area contributed by atoms with E-state index in [0.717, 1.165) is 0 Å².